The molecule has 0 bridgehead atoms. The van der Waals surface area contributed by atoms with Crippen molar-refractivity contribution in [2.24, 2.45) is 0 Å². The predicted octanol–water partition coefficient (Wildman–Crippen LogP) is 2.25. The third-order valence-corrected chi connectivity index (χ3v) is 3.95. The Morgan fingerprint density at radius 3 is 3.00 bits per heavy atom. The van der Waals surface area contributed by atoms with E-state index < -0.39 is 0 Å². The van der Waals surface area contributed by atoms with Gasteiger partial charge in [-0.1, -0.05) is 11.6 Å². The van der Waals surface area contributed by atoms with E-state index >= 15 is 0 Å². The van der Waals surface area contributed by atoms with Crippen LogP contribution in [-0.4, -0.2) is 23.7 Å². The van der Waals surface area contributed by atoms with Crippen LogP contribution in [0.15, 0.2) is 18.2 Å². The fourth-order valence-corrected chi connectivity index (χ4v) is 2.90. The average molecular weight is 285 g/mol. The van der Waals surface area contributed by atoms with Gasteiger partial charge in [-0.15, -0.1) is 11.3 Å². The molecular weight excluding hydrogens is 272 g/mol. The van der Waals surface area contributed by atoms with Gasteiger partial charge in [0.15, 0.2) is 0 Å². The second kappa shape index (κ2) is 5.14. The molecule has 0 saturated carbocycles. The molecule has 0 spiro atoms. The Balaban J connectivity index is 2.39. The van der Waals surface area contributed by atoms with Gasteiger partial charge >= 0.3 is 0 Å². The van der Waals surface area contributed by atoms with E-state index in [1.54, 1.807) is 25.1 Å². The molecule has 2 rings (SSSR count). The molecule has 4 N–H and O–H groups in total. The highest BCUT2D eigenvalue weighted by molar-refractivity contribution is 7.21. The highest BCUT2D eigenvalue weighted by Gasteiger charge is 2.17. The zero-order valence-electron chi connectivity index (χ0n) is 9.74. The van der Waals surface area contributed by atoms with E-state index in [1.807, 2.05) is 0 Å². The molecule has 96 valence electrons. The summed E-state index contributed by atoms with van der Waals surface area (Å²) < 4.78 is 0.877. The van der Waals surface area contributed by atoms with Crippen LogP contribution in [0.25, 0.3) is 10.1 Å². The first kappa shape index (κ1) is 13.1. The molecule has 1 aromatic carbocycles. The number of thiophene rings is 1. The van der Waals surface area contributed by atoms with Gasteiger partial charge in [0, 0.05) is 21.2 Å². The van der Waals surface area contributed by atoms with Crippen molar-refractivity contribution in [3.05, 3.63) is 28.1 Å². The van der Waals surface area contributed by atoms with Crippen LogP contribution < -0.4 is 11.1 Å². The summed E-state index contributed by atoms with van der Waals surface area (Å²) in [5.74, 6) is -0.272. The Kier molecular flexibility index (Phi) is 3.75. The van der Waals surface area contributed by atoms with Crippen LogP contribution in [0.2, 0.25) is 5.02 Å². The highest BCUT2D eigenvalue weighted by atomic mass is 35.5. The maximum absolute atomic E-state index is 12.0. The fourth-order valence-electron chi connectivity index (χ4n) is 1.59. The number of anilines is 1. The number of nitrogens with two attached hydrogens (primary N) is 1. The van der Waals surface area contributed by atoms with Gasteiger partial charge in [-0.05, 0) is 25.1 Å². The second-order valence-electron chi connectivity index (χ2n) is 4.04. The number of hydrogen-bond acceptors (Lipinski definition) is 4. The normalized spacial score (nSPS) is 12.6. The maximum Gasteiger partial charge on any atom is 0.263 e. The number of nitrogens with one attached hydrogen (secondary N) is 1. The molecule has 0 saturated heterocycles. The number of carbonyl (C=O) groups excluding carboxylic acids is 1. The number of fused-ring (bicyclic) bond motifs is 1. The molecular formula is C12H13ClN2O2S. The van der Waals surface area contributed by atoms with Crippen molar-refractivity contribution in [1.29, 1.82) is 0 Å². The van der Waals surface area contributed by atoms with Crippen molar-refractivity contribution in [3.8, 4) is 0 Å². The molecule has 0 radical (unpaired) electrons. The van der Waals surface area contributed by atoms with Crippen LogP contribution in [0.3, 0.4) is 0 Å². The van der Waals surface area contributed by atoms with Crippen LogP contribution in [0.1, 0.15) is 16.6 Å². The third kappa shape index (κ3) is 2.43. The molecule has 0 aliphatic carbocycles. The van der Waals surface area contributed by atoms with Gasteiger partial charge in [-0.3, -0.25) is 4.79 Å². The van der Waals surface area contributed by atoms with E-state index in [0.29, 0.717) is 15.6 Å². The molecule has 1 amide bonds. The fraction of sp³-hybridized carbons (Fsp3) is 0.250. The quantitative estimate of drug-likeness (QED) is 0.809. The largest absolute Gasteiger partial charge is 0.397 e. The van der Waals surface area contributed by atoms with Gasteiger partial charge in [-0.2, -0.15) is 0 Å². The van der Waals surface area contributed by atoms with E-state index in [0.717, 1.165) is 10.1 Å². The number of nitrogen functional groups attached to an aromatic ring is 1. The lowest BCUT2D eigenvalue weighted by atomic mass is 10.2. The molecule has 0 aliphatic heterocycles. The van der Waals surface area contributed by atoms with Crippen LogP contribution >= 0.6 is 22.9 Å². The van der Waals surface area contributed by atoms with E-state index in [9.17, 15) is 4.79 Å². The van der Waals surface area contributed by atoms with Crippen LogP contribution in [-0.2, 0) is 0 Å². The van der Waals surface area contributed by atoms with Crippen LogP contribution in [0.4, 0.5) is 5.69 Å². The second-order valence-corrected chi connectivity index (χ2v) is 5.53. The first-order chi connectivity index (χ1) is 8.52. The number of carbonyl (C=O) groups is 1. The predicted molar refractivity (Wildman–Crippen MR) is 75.3 cm³/mol. The lowest BCUT2D eigenvalue weighted by molar-refractivity contribution is 0.0927. The summed E-state index contributed by atoms with van der Waals surface area (Å²) >= 11 is 7.19. The van der Waals surface area contributed by atoms with Gasteiger partial charge in [0.2, 0.25) is 0 Å². The smallest absolute Gasteiger partial charge is 0.263 e. The summed E-state index contributed by atoms with van der Waals surface area (Å²) in [6.07, 6.45) is 0. The number of aliphatic hydroxyl groups excluding tert-OH is 1. The minimum Gasteiger partial charge on any atom is -0.397 e. The molecule has 4 nitrogen and oxygen atoms in total. The summed E-state index contributed by atoms with van der Waals surface area (Å²) in [4.78, 5) is 12.4. The Hall–Kier alpha value is -1.30. The average Bonchev–Trinajstić information content (AvgIpc) is 2.66. The minimum atomic E-state index is -0.300. The van der Waals surface area contributed by atoms with Crippen molar-refractivity contribution < 1.29 is 9.90 Å². The standard InChI is InChI=1S/C12H13ClN2O2S/c1-6(5-16)15-12(17)11-10(14)8-3-2-7(13)4-9(8)18-11/h2-4,6,16H,5,14H2,1H3,(H,15,17). The van der Waals surface area contributed by atoms with Gasteiger partial charge in [0.25, 0.3) is 5.91 Å². The van der Waals surface area contributed by atoms with Crippen molar-refractivity contribution in [2.45, 2.75) is 13.0 Å². The monoisotopic (exact) mass is 284 g/mol. The molecule has 18 heavy (non-hydrogen) atoms. The number of halogens is 1. The number of benzene rings is 1. The summed E-state index contributed by atoms with van der Waals surface area (Å²) in [6.45, 7) is 1.61. The van der Waals surface area contributed by atoms with Gasteiger partial charge in [-0.25, -0.2) is 0 Å². The summed E-state index contributed by atoms with van der Waals surface area (Å²) in [6, 6.07) is 5.02. The molecule has 1 heterocycles. The zero-order valence-corrected chi connectivity index (χ0v) is 11.3. The number of hydrogen-bond donors (Lipinski definition) is 3. The zero-order chi connectivity index (χ0) is 13.3. The Morgan fingerprint density at radius 1 is 1.61 bits per heavy atom. The summed E-state index contributed by atoms with van der Waals surface area (Å²) in [5.41, 5.74) is 6.40. The lowest BCUT2D eigenvalue weighted by Crippen LogP contribution is -2.34. The van der Waals surface area contributed by atoms with Crippen LogP contribution in [0.5, 0.6) is 0 Å². The van der Waals surface area contributed by atoms with Crippen molar-refractivity contribution in [1.82, 2.24) is 5.32 Å². The number of amides is 1. The number of rotatable bonds is 3. The van der Waals surface area contributed by atoms with E-state index in [-0.39, 0.29) is 18.6 Å². The lowest BCUT2D eigenvalue weighted by Gasteiger charge is -2.09. The number of aliphatic hydroxyl groups is 1. The summed E-state index contributed by atoms with van der Waals surface area (Å²) in [7, 11) is 0. The third-order valence-electron chi connectivity index (χ3n) is 2.55. The molecule has 0 fully saturated rings. The van der Waals surface area contributed by atoms with Crippen molar-refractivity contribution >= 4 is 44.6 Å². The molecule has 1 unspecified atom stereocenters. The first-order valence-corrected chi connectivity index (χ1v) is 6.61. The molecule has 6 heteroatoms. The van der Waals surface area contributed by atoms with Gasteiger partial charge in [0.1, 0.15) is 4.88 Å². The van der Waals surface area contributed by atoms with E-state index in [4.69, 9.17) is 22.4 Å². The van der Waals surface area contributed by atoms with E-state index in [1.165, 1.54) is 11.3 Å². The minimum absolute atomic E-state index is 0.109. The highest BCUT2D eigenvalue weighted by Crippen LogP contribution is 2.35. The maximum atomic E-state index is 12.0. The van der Waals surface area contributed by atoms with Crippen LogP contribution in [0, 0.1) is 0 Å². The summed E-state index contributed by atoms with van der Waals surface area (Å²) in [5, 5.41) is 13.0. The first-order valence-electron chi connectivity index (χ1n) is 5.42. The van der Waals surface area contributed by atoms with Crippen molar-refractivity contribution in [3.63, 3.8) is 0 Å². The SMILES string of the molecule is CC(CO)NC(=O)c1sc2cc(Cl)ccc2c1N. The molecule has 2 aromatic rings. The Labute approximate surface area is 113 Å². The topological polar surface area (TPSA) is 75.3 Å². The molecule has 1 atom stereocenters. The molecule has 1 aromatic heterocycles. The van der Waals surface area contributed by atoms with Gasteiger partial charge < -0.3 is 16.2 Å². The Bertz CT molecular complexity index is 597. The van der Waals surface area contributed by atoms with Crippen molar-refractivity contribution in [2.75, 3.05) is 12.3 Å². The van der Waals surface area contributed by atoms with Gasteiger partial charge in [0.05, 0.1) is 12.3 Å². The van der Waals surface area contributed by atoms with E-state index in [2.05, 4.69) is 5.32 Å². The Morgan fingerprint density at radius 2 is 2.33 bits per heavy atom. The molecule has 0 aliphatic rings.